The molecular weight excluding hydrogens is 305 g/mol. The van der Waals surface area contributed by atoms with Crippen molar-refractivity contribution < 1.29 is 9.18 Å². The van der Waals surface area contributed by atoms with Gasteiger partial charge < -0.3 is 10.6 Å². The minimum Gasteiger partial charge on any atom is -0.335 e. The Morgan fingerprint density at radius 2 is 1.75 bits per heavy atom. The molecule has 2 amide bonds. The largest absolute Gasteiger partial charge is 0.335 e. The zero-order chi connectivity index (χ0) is 16.5. The molecule has 2 bridgehead atoms. The van der Waals surface area contributed by atoms with Gasteiger partial charge in [0.15, 0.2) is 0 Å². The van der Waals surface area contributed by atoms with Crippen molar-refractivity contribution >= 4 is 11.7 Å². The van der Waals surface area contributed by atoms with Crippen LogP contribution in [-0.2, 0) is 0 Å². The molecule has 4 rings (SSSR count). The summed E-state index contributed by atoms with van der Waals surface area (Å²) in [6.45, 7) is 0. The predicted molar refractivity (Wildman–Crippen MR) is 92.5 cm³/mol. The Labute approximate surface area is 142 Å². The van der Waals surface area contributed by atoms with Gasteiger partial charge in [0.05, 0.1) is 0 Å². The van der Waals surface area contributed by atoms with Gasteiger partial charge in [-0.05, 0) is 56.7 Å². The molecule has 1 unspecified atom stereocenters. The van der Waals surface area contributed by atoms with Gasteiger partial charge in [-0.25, -0.2) is 9.18 Å². The Morgan fingerprint density at radius 1 is 1.04 bits per heavy atom. The molecule has 1 aliphatic carbocycles. The molecule has 5 heteroatoms. The van der Waals surface area contributed by atoms with E-state index in [1.165, 1.54) is 50.7 Å². The van der Waals surface area contributed by atoms with Gasteiger partial charge in [0.1, 0.15) is 5.82 Å². The second kappa shape index (κ2) is 6.71. The lowest BCUT2D eigenvalue weighted by Crippen LogP contribution is -2.53. The fourth-order valence-corrected chi connectivity index (χ4v) is 5.05. The molecule has 130 valence electrons. The van der Waals surface area contributed by atoms with Crippen molar-refractivity contribution in [2.45, 2.75) is 75.5 Å². The van der Waals surface area contributed by atoms with E-state index < -0.39 is 0 Å². The number of anilines is 1. The molecule has 24 heavy (non-hydrogen) atoms. The number of halogens is 1. The molecule has 2 aliphatic heterocycles. The smallest absolute Gasteiger partial charge is 0.319 e. The molecule has 2 N–H and O–H groups in total. The first-order valence-corrected chi connectivity index (χ1v) is 9.29. The first-order valence-electron chi connectivity index (χ1n) is 9.29. The third-order valence-corrected chi connectivity index (χ3v) is 5.95. The summed E-state index contributed by atoms with van der Waals surface area (Å²) >= 11 is 0. The fourth-order valence-electron chi connectivity index (χ4n) is 5.05. The van der Waals surface area contributed by atoms with E-state index in [-0.39, 0.29) is 17.9 Å². The zero-order valence-electron chi connectivity index (χ0n) is 14.0. The van der Waals surface area contributed by atoms with Crippen LogP contribution in [0.2, 0.25) is 0 Å². The molecule has 2 heterocycles. The van der Waals surface area contributed by atoms with Gasteiger partial charge >= 0.3 is 6.03 Å². The monoisotopic (exact) mass is 331 g/mol. The lowest BCUT2D eigenvalue weighted by Gasteiger charge is -2.42. The van der Waals surface area contributed by atoms with Crippen LogP contribution >= 0.6 is 0 Å². The van der Waals surface area contributed by atoms with Crippen LogP contribution in [0.3, 0.4) is 0 Å². The van der Waals surface area contributed by atoms with Crippen molar-refractivity contribution in [1.82, 2.24) is 10.2 Å². The van der Waals surface area contributed by atoms with E-state index in [0.717, 1.165) is 18.9 Å². The van der Waals surface area contributed by atoms with E-state index >= 15 is 0 Å². The molecule has 3 aliphatic rings. The van der Waals surface area contributed by atoms with Crippen LogP contribution in [0.15, 0.2) is 24.3 Å². The highest BCUT2D eigenvalue weighted by atomic mass is 19.1. The van der Waals surface area contributed by atoms with Crippen molar-refractivity contribution in [3.63, 3.8) is 0 Å². The highest BCUT2D eigenvalue weighted by Crippen LogP contribution is 2.40. The van der Waals surface area contributed by atoms with Crippen molar-refractivity contribution in [1.29, 1.82) is 0 Å². The summed E-state index contributed by atoms with van der Waals surface area (Å²) in [6, 6.07) is 8.07. The number of benzene rings is 1. The highest BCUT2D eigenvalue weighted by Gasteiger charge is 2.44. The molecule has 1 saturated carbocycles. The van der Waals surface area contributed by atoms with E-state index in [4.69, 9.17) is 0 Å². The van der Waals surface area contributed by atoms with E-state index in [1.54, 1.807) is 12.1 Å². The van der Waals surface area contributed by atoms with E-state index in [0.29, 0.717) is 17.8 Å². The van der Waals surface area contributed by atoms with E-state index in [2.05, 4.69) is 15.5 Å². The third-order valence-electron chi connectivity index (χ3n) is 5.95. The van der Waals surface area contributed by atoms with Crippen molar-refractivity contribution in [2.24, 2.45) is 0 Å². The SMILES string of the molecule is O=C(Nc1cccc(F)c1)NC1C[C@H]2CC[C@@H](C1)N2C1CCCC1. The standard InChI is InChI=1S/C19H26FN3O/c20-13-4-3-5-14(10-13)21-19(24)22-15-11-17-8-9-18(12-15)23(17)16-6-1-2-7-16/h3-5,10,15-18H,1-2,6-9,11-12H2,(H2,21,22,24)/t15?,17-,18+. The average molecular weight is 331 g/mol. The number of urea groups is 1. The van der Waals surface area contributed by atoms with Crippen LogP contribution < -0.4 is 10.6 Å². The summed E-state index contributed by atoms with van der Waals surface area (Å²) in [4.78, 5) is 15.0. The lowest BCUT2D eigenvalue weighted by atomic mass is 9.95. The second-order valence-corrected chi connectivity index (χ2v) is 7.55. The van der Waals surface area contributed by atoms with Gasteiger partial charge in [0, 0.05) is 29.9 Å². The van der Waals surface area contributed by atoms with Crippen LogP contribution in [0.1, 0.15) is 51.4 Å². The predicted octanol–water partition coefficient (Wildman–Crippen LogP) is 3.89. The van der Waals surface area contributed by atoms with Crippen LogP contribution in [0.4, 0.5) is 14.9 Å². The molecule has 1 aromatic rings. The Kier molecular flexibility index (Phi) is 4.44. The minimum absolute atomic E-state index is 0.223. The summed E-state index contributed by atoms with van der Waals surface area (Å²) < 4.78 is 13.2. The van der Waals surface area contributed by atoms with Gasteiger partial charge in [-0.1, -0.05) is 18.9 Å². The third kappa shape index (κ3) is 3.27. The van der Waals surface area contributed by atoms with Gasteiger partial charge in [0.2, 0.25) is 0 Å². The molecular formula is C19H26FN3O. The van der Waals surface area contributed by atoms with Gasteiger partial charge in [-0.15, -0.1) is 0 Å². The van der Waals surface area contributed by atoms with Crippen molar-refractivity contribution in [3.8, 4) is 0 Å². The summed E-state index contributed by atoms with van der Waals surface area (Å²) in [5.74, 6) is -0.337. The molecule has 1 aromatic carbocycles. The summed E-state index contributed by atoms with van der Waals surface area (Å²) in [5.41, 5.74) is 0.499. The Bertz CT molecular complexity index is 588. The maximum Gasteiger partial charge on any atom is 0.319 e. The van der Waals surface area contributed by atoms with E-state index in [9.17, 15) is 9.18 Å². The topological polar surface area (TPSA) is 44.4 Å². The maximum atomic E-state index is 13.2. The van der Waals surface area contributed by atoms with E-state index in [1.807, 2.05) is 0 Å². The number of carbonyl (C=O) groups excluding carboxylic acids is 1. The number of nitrogens with one attached hydrogen (secondary N) is 2. The summed E-state index contributed by atoms with van der Waals surface area (Å²) in [6.07, 6.45) is 10.1. The molecule has 3 atom stereocenters. The number of hydrogen-bond acceptors (Lipinski definition) is 2. The molecule has 3 fully saturated rings. The molecule has 0 spiro atoms. The normalized spacial score (nSPS) is 30.5. The second-order valence-electron chi connectivity index (χ2n) is 7.55. The molecule has 0 aromatic heterocycles. The van der Waals surface area contributed by atoms with Crippen LogP contribution in [0.5, 0.6) is 0 Å². The van der Waals surface area contributed by atoms with Crippen molar-refractivity contribution in [2.75, 3.05) is 5.32 Å². The van der Waals surface area contributed by atoms with Crippen molar-refractivity contribution in [3.05, 3.63) is 30.1 Å². The Balaban J connectivity index is 1.33. The first-order chi connectivity index (χ1) is 11.7. The molecule has 4 nitrogen and oxygen atoms in total. The van der Waals surface area contributed by atoms with Crippen LogP contribution in [0.25, 0.3) is 0 Å². The summed E-state index contributed by atoms with van der Waals surface area (Å²) in [7, 11) is 0. The fraction of sp³-hybridized carbons (Fsp3) is 0.632. The Morgan fingerprint density at radius 3 is 2.42 bits per heavy atom. The Hall–Kier alpha value is -1.62. The quantitative estimate of drug-likeness (QED) is 0.883. The number of piperidine rings is 1. The number of nitrogens with zero attached hydrogens (tertiary/aromatic N) is 1. The van der Waals surface area contributed by atoms with Crippen LogP contribution in [-0.4, -0.2) is 35.1 Å². The number of carbonyl (C=O) groups is 1. The average Bonchev–Trinajstić information content (AvgIpc) is 3.13. The number of hydrogen-bond donors (Lipinski definition) is 2. The van der Waals surface area contributed by atoms with Crippen LogP contribution in [0, 0.1) is 5.82 Å². The minimum atomic E-state index is -0.337. The van der Waals surface area contributed by atoms with Gasteiger partial charge in [-0.2, -0.15) is 0 Å². The number of rotatable bonds is 3. The highest BCUT2D eigenvalue weighted by molar-refractivity contribution is 5.89. The molecule has 2 saturated heterocycles. The zero-order valence-corrected chi connectivity index (χ0v) is 14.0. The number of amides is 2. The summed E-state index contributed by atoms with van der Waals surface area (Å²) in [5, 5.41) is 5.84. The number of fused-ring (bicyclic) bond motifs is 2. The van der Waals surface area contributed by atoms with Gasteiger partial charge in [-0.3, -0.25) is 4.90 Å². The first kappa shape index (κ1) is 15.9. The lowest BCUT2D eigenvalue weighted by molar-refractivity contribution is 0.0747. The molecule has 0 radical (unpaired) electrons. The maximum absolute atomic E-state index is 13.2. The van der Waals surface area contributed by atoms with Gasteiger partial charge in [0.25, 0.3) is 0 Å².